The Morgan fingerprint density at radius 3 is 2.58 bits per heavy atom. The molecule has 3 aliphatic rings. The number of alkyl carbamates (subject to hydrolysis) is 1. The van der Waals surface area contributed by atoms with Gasteiger partial charge >= 0.3 is 12.1 Å². The number of cyclic esters (lactones) is 1. The van der Waals surface area contributed by atoms with E-state index in [2.05, 4.69) is 5.32 Å². The van der Waals surface area contributed by atoms with Crippen LogP contribution >= 0.6 is 0 Å². The zero-order valence-corrected chi connectivity index (χ0v) is 25.4. The second-order valence-electron chi connectivity index (χ2n) is 12.3. The summed E-state index contributed by atoms with van der Waals surface area (Å²) >= 11 is 0. The van der Waals surface area contributed by atoms with Crippen LogP contribution in [0, 0.1) is 17.8 Å². The van der Waals surface area contributed by atoms with Crippen LogP contribution in [0.2, 0.25) is 0 Å². The molecule has 2 aromatic rings. The summed E-state index contributed by atoms with van der Waals surface area (Å²) in [7, 11) is 1.59. The van der Waals surface area contributed by atoms with Crippen molar-refractivity contribution in [1.29, 1.82) is 0 Å². The maximum Gasteiger partial charge on any atom is 0.407 e. The van der Waals surface area contributed by atoms with E-state index in [1.165, 1.54) is 4.90 Å². The molecule has 43 heavy (non-hydrogen) atoms. The Morgan fingerprint density at radius 2 is 1.86 bits per heavy atom. The highest BCUT2D eigenvalue weighted by atomic mass is 16.5. The number of methoxy groups -OCH3 is 1. The van der Waals surface area contributed by atoms with Crippen LogP contribution in [0.3, 0.4) is 0 Å². The van der Waals surface area contributed by atoms with E-state index in [1.54, 1.807) is 13.2 Å². The van der Waals surface area contributed by atoms with Crippen LogP contribution in [0.25, 0.3) is 11.0 Å². The summed E-state index contributed by atoms with van der Waals surface area (Å²) in [4.78, 5) is 50.9. The van der Waals surface area contributed by atoms with Crippen molar-refractivity contribution in [3.05, 3.63) is 23.9 Å². The van der Waals surface area contributed by atoms with Crippen molar-refractivity contribution in [2.75, 3.05) is 20.3 Å². The molecule has 0 radical (unpaired) electrons. The smallest absolute Gasteiger partial charge is 0.407 e. The predicted octanol–water partition coefficient (Wildman–Crippen LogP) is 4.75. The average molecular weight is 597 g/mol. The minimum atomic E-state index is -1.09. The number of carbonyl (C=O) groups is 3. The van der Waals surface area contributed by atoms with E-state index in [9.17, 15) is 19.5 Å². The Labute approximate surface area is 252 Å². The van der Waals surface area contributed by atoms with E-state index in [1.807, 2.05) is 26.0 Å². The minimum Gasteiger partial charge on any atom is -0.497 e. The number of hydrogen-bond acceptors (Lipinski definition) is 8. The van der Waals surface area contributed by atoms with Gasteiger partial charge in [-0.15, -0.1) is 0 Å². The lowest BCUT2D eigenvalue weighted by Crippen LogP contribution is -2.55. The summed E-state index contributed by atoms with van der Waals surface area (Å²) < 4.78 is 17.5. The number of nitrogens with one attached hydrogen (secondary N) is 1. The SMILES string of the molecule is CC[C@@H]1[C@@H]2CN(C(=O)[C@H](C3CCCC3)NC(=O)OC[C@@H](C)CCCCCc3nc4ccc(OC)cc4nc3O2)[C@@H]1C(=O)O. The van der Waals surface area contributed by atoms with Crippen LogP contribution < -0.4 is 14.8 Å². The van der Waals surface area contributed by atoms with Gasteiger partial charge in [-0.3, -0.25) is 4.79 Å². The van der Waals surface area contributed by atoms with Crippen LogP contribution in [0.1, 0.15) is 77.3 Å². The first kappa shape index (κ1) is 30.8. The molecule has 2 fully saturated rings. The van der Waals surface area contributed by atoms with E-state index in [-0.39, 0.29) is 25.0 Å². The number of nitrogens with zero attached hydrogens (tertiary/aromatic N) is 3. The lowest BCUT2D eigenvalue weighted by atomic mass is 9.94. The third-order valence-corrected chi connectivity index (χ3v) is 9.29. The highest BCUT2D eigenvalue weighted by Gasteiger charge is 2.51. The molecule has 5 atom stereocenters. The van der Waals surface area contributed by atoms with Gasteiger partial charge in [-0.2, -0.15) is 0 Å². The lowest BCUT2D eigenvalue weighted by Gasteiger charge is -2.31. The molecule has 5 rings (SSSR count). The van der Waals surface area contributed by atoms with Crippen molar-refractivity contribution >= 4 is 29.0 Å². The molecular weight excluding hydrogens is 552 g/mol. The molecule has 0 spiro atoms. The Bertz CT molecular complexity index is 1310. The molecule has 1 aromatic heterocycles. The second-order valence-corrected chi connectivity index (χ2v) is 12.3. The fraction of sp³-hybridized carbons (Fsp3) is 0.656. The fourth-order valence-corrected chi connectivity index (χ4v) is 6.90. The summed E-state index contributed by atoms with van der Waals surface area (Å²) in [5.74, 6) is -0.860. The van der Waals surface area contributed by atoms with Gasteiger partial charge in [0.1, 0.15) is 29.6 Å². The Kier molecular flexibility index (Phi) is 9.87. The van der Waals surface area contributed by atoms with E-state index in [0.29, 0.717) is 30.0 Å². The molecule has 1 aliphatic carbocycles. The van der Waals surface area contributed by atoms with Gasteiger partial charge in [0.25, 0.3) is 0 Å². The normalized spacial score (nSPS) is 27.9. The third kappa shape index (κ3) is 6.96. The Hall–Kier alpha value is -3.63. The molecule has 2 bridgehead atoms. The van der Waals surface area contributed by atoms with Crippen LogP contribution in [-0.2, 0) is 20.7 Å². The molecule has 1 saturated carbocycles. The van der Waals surface area contributed by atoms with Gasteiger partial charge in [0, 0.05) is 12.0 Å². The van der Waals surface area contributed by atoms with Crippen LogP contribution in [0.4, 0.5) is 4.79 Å². The molecule has 1 saturated heterocycles. The fourth-order valence-electron chi connectivity index (χ4n) is 6.90. The molecule has 234 valence electrons. The standard InChI is InChI=1S/C32H44N4O7/c1-4-22-26-17-36(28(22)31(38)39)30(37)27(20-11-8-9-12-20)35-32(40)42-18-19(2)10-6-5-7-13-24-29(43-26)34-25-16-21(41-3)14-15-23(25)33-24/h14-16,19-20,22,26-28H,4-13,17-18H2,1-3H3,(H,35,40)(H,38,39)/t19-,22+,26-,27-,28-/m0/s1. The minimum absolute atomic E-state index is 0.0720. The Morgan fingerprint density at radius 1 is 1.09 bits per heavy atom. The number of fused-ring (bicyclic) bond motifs is 4. The molecule has 2 N–H and O–H groups in total. The number of amides is 2. The predicted molar refractivity (Wildman–Crippen MR) is 159 cm³/mol. The van der Waals surface area contributed by atoms with Gasteiger partial charge in [-0.05, 0) is 62.5 Å². The first-order chi connectivity index (χ1) is 20.8. The number of hydrogen-bond donors (Lipinski definition) is 2. The molecule has 11 heteroatoms. The van der Waals surface area contributed by atoms with Gasteiger partial charge in [-0.1, -0.05) is 39.5 Å². The number of aromatic nitrogens is 2. The summed E-state index contributed by atoms with van der Waals surface area (Å²) in [6.07, 6.45) is 7.10. The maximum absolute atomic E-state index is 14.2. The number of aliphatic carboxylic acids is 1. The molecule has 11 nitrogen and oxygen atoms in total. The quantitative estimate of drug-likeness (QED) is 0.512. The molecule has 3 heterocycles. The van der Waals surface area contributed by atoms with Crippen LogP contribution in [0.5, 0.6) is 11.6 Å². The number of carboxylic acid groups (broad SMARTS) is 1. The lowest BCUT2D eigenvalue weighted by molar-refractivity contribution is -0.151. The number of aryl methyl sites for hydroxylation is 1. The molecule has 1 aromatic carbocycles. The van der Waals surface area contributed by atoms with E-state index in [0.717, 1.165) is 62.6 Å². The highest BCUT2D eigenvalue weighted by Crippen LogP contribution is 2.36. The zero-order valence-electron chi connectivity index (χ0n) is 25.4. The van der Waals surface area contributed by atoms with Crippen molar-refractivity contribution in [2.45, 2.75) is 96.2 Å². The summed E-state index contributed by atoms with van der Waals surface area (Å²) in [5.41, 5.74) is 2.06. The average Bonchev–Trinajstić information content (AvgIpc) is 3.66. The van der Waals surface area contributed by atoms with Crippen molar-refractivity contribution in [3.8, 4) is 11.6 Å². The van der Waals surface area contributed by atoms with E-state index >= 15 is 0 Å². The molecular formula is C32H44N4O7. The number of ether oxygens (including phenoxy) is 3. The van der Waals surface area contributed by atoms with Crippen molar-refractivity contribution < 1.29 is 33.7 Å². The van der Waals surface area contributed by atoms with Crippen molar-refractivity contribution in [2.24, 2.45) is 17.8 Å². The van der Waals surface area contributed by atoms with Crippen LogP contribution in [-0.4, -0.2) is 76.4 Å². The van der Waals surface area contributed by atoms with Crippen molar-refractivity contribution in [1.82, 2.24) is 20.2 Å². The zero-order chi connectivity index (χ0) is 30.5. The Balaban J connectivity index is 1.52. The van der Waals surface area contributed by atoms with Crippen molar-refractivity contribution in [3.63, 3.8) is 0 Å². The van der Waals surface area contributed by atoms with Crippen LogP contribution in [0.15, 0.2) is 18.2 Å². The maximum atomic E-state index is 14.2. The topological polar surface area (TPSA) is 140 Å². The molecule has 0 unspecified atom stereocenters. The van der Waals surface area contributed by atoms with Gasteiger partial charge in [0.15, 0.2) is 0 Å². The van der Waals surface area contributed by atoms with E-state index < -0.39 is 42.1 Å². The van der Waals surface area contributed by atoms with Gasteiger partial charge < -0.3 is 29.5 Å². The van der Waals surface area contributed by atoms with Gasteiger partial charge in [0.2, 0.25) is 11.8 Å². The third-order valence-electron chi connectivity index (χ3n) is 9.29. The largest absolute Gasteiger partial charge is 0.497 e. The van der Waals surface area contributed by atoms with E-state index in [4.69, 9.17) is 24.2 Å². The first-order valence-electron chi connectivity index (χ1n) is 15.8. The second kappa shape index (κ2) is 13.8. The first-order valence-corrected chi connectivity index (χ1v) is 15.8. The molecule has 2 amide bonds. The number of carboxylic acids is 1. The van der Waals surface area contributed by atoms with Gasteiger partial charge in [-0.25, -0.2) is 19.6 Å². The number of benzene rings is 1. The molecule has 2 aliphatic heterocycles. The summed E-state index contributed by atoms with van der Waals surface area (Å²) in [6.45, 7) is 4.29. The highest BCUT2D eigenvalue weighted by molar-refractivity contribution is 5.90. The summed E-state index contributed by atoms with van der Waals surface area (Å²) in [6, 6.07) is 3.57. The monoisotopic (exact) mass is 596 g/mol. The number of carbonyl (C=O) groups excluding carboxylic acids is 2. The summed E-state index contributed by atoms with van der Waals surface area (Å²) in [5, 5.41) is 13.2. The number of rotatable bonds is 4. The van der Waals surface area contributed by atoms with Gasteiger partial charge in [0.05, 0.1) is 31.3 Å².